The molecule has 2 nitrogen and oxygen atoms in total. The number of rotatable bonds is 0. The zero-order valence-electron chi connectivity index (χ0n) is 7.92. The second-order valence-corrected chi connectivity index (χ2v) is 4.07. The third-order valence-electron chi connectivity index (χ3n) is 3.17. The van der Waals surface area contributed by atoms with Gasteiger partial charge in [-0.15, -0.1) is 0 Å². The Morgan fingerprint density at radius 1 is 1.15 bits per heavy atom. The molecule has 0 aromatic rings. The van der Waals surface area contributed by atoms with Gasteiger partial charge in [0, 0.05) is 11.5 Å². The van der Waals surface area contributed by atoms with Crippen molar-refractivity contribution in [1.82, 2.24) is 0 Å². The molecule has 0 N–H and O–H groups in total. The lowest BCUT2D eigenvalue weighted by atomic mass is 9.86. The average molecular weight is 180 g/mol. The summed E-state index contributed by atoms with van der Waals surface area (Å²) in [6.45, 7) is 3.82. The molecule has 2 heteroatoms. The lowest BCUT2D eigenvalue weighted by molar-refractivity contribution is -0.139. The molecule has 0 spiro atoms. The maximum absolute atomic E-state index is 11.2. The number of fused-ring (bicyclic) bond motifs is 1. The summed E-state index contributed by atoms with van der Waals surface area (Å²) in [6.07, 6.45) is 7.28. The van der Waals surface area contributed by atoms with Crippen LogP contribution in [0.1, 0.15) is 38.5 Å². The highest BCUT2D eigenvalue weighted by atomic mass is 16.6. The molecule has 0 bridgehead atoms. The minimum Gasteiger partial charge on any atom is -0.458 e. The number of hydrogen-bond acceptors (Lipinski definition) is 2. The zero-order valence-corrected chi connectivity index (χ0v) is 7.92. The normalized spacial score (nSPS) is 34.8. The Bertz CT molecular complexity index is 232. The Labute approximate surface area is 79.0 Å². The molecule has 2 fully saturated rings. The van der Waals surface area contributed by atoms with Crippen LogP contribution in [0, 0.1) is 5.92 Å². The fourth-order valence-electron chi connectivity index (χ4n) is 2.35. The summed E-state index contributed by atoms with van der Waals surface area (Å²) in [5, 5.41) is 0. The highest BCUT2D eigenvalue weighted by Crippen LogP contribution is 2.35. The Hall–Kier alpha value is -0.790. The van der Waals surface area contributed by atoms with E-state index in [1.165, 1.54) is 25.7 Å². The molecule has 1 saturated heterocycles. The maximum Gasteiger partial charge on any atom is 0.334 e. The van der Waals surface area contributed by atoms with E-state index in [1.807, 2.05) is 0 Å². The maximum atomic E-state index is 11.2. The molecule has 0 radical (unpaired) electrons. The van der Waals surface area contributed by atoms with Crippen LogP contribution in [-0.2, 0) is 9.53 Å². The highest BCUT2D eigenvalue weighted by molar-refractivity contribution is 5.90. The van der Waals surface area contributed by atoms with E-state index >= 15 is 0 Å². The van der Waals surface area contributed by atoms with E-state index in [4.69, 9.17) is 4.74 Å². The van der Waals surface area contributed by atoms with Crippen molar-refractivity contribution in [3.05, 3.63) is 12.2 Å². The van der Waals surface area contributed by atoms with Crippen LogP contribution in [0.2, 0.25) is 0 Å². The Morgan fingerprint density at radius 2 is 1.85 bits per heavy atom. The van der Waals surface area contributed by atoms with Gasteiger partial charge in [-0.1, -0.05) is 25.8 Å². The number of carbonyl (C=O) groups is 1. The van der Waals surface area contributed by atoms with Crippen molar-refractivity contribution in [2.24, 2.45) is 5.92 Å². The van der Waals surface area contributed by atoms with Gasteiger partial charge in [0.15, 0.2) is 0 Å². The number of hydrogen-bond donors (Lipinski definition) is 0. The Morgan fingerprint density at radius 3 is 2.62 bits per heavy atom. The van der Waals surface area contributed by atoms with Crippen LogP contribution in [0.3, 0.4) is 0 Å². The third-order valence-corrected chi connectivity index (χ3v) is 3.17. The third kappa shape index (κ3) is 1.62. The molecule has 13 heavy (non-hydrogen) atoms. The predicted molar refractivity (Wildman–Crippen MR) is 50.2 cm³/mol. The predicted octanol–water partition coefficient (Wildman–Crippen LogP) is 2.44. The van der Waals surface area contributed by atoms with E-state index in [1.54, 1.807) is 0 Å². The van der Waals surface area contributed by atoms with Crippen molar-refractivity contribution in [3.63, 3.8) is 0 Å². The first-order chi connectivity index (χ1) is 6.29. The number of esters is 1. The van der Waals surface area contributed by atoms with Crippen LogP contribution in [0.25, 0.3) is 0 Å². The fourth-order valence-corrected chi connectivity index (χ4v) is 2.35. The van der Waals surface area contributed by atoms with Crippen molar-refractivity contribution >= 4 is 5.97 Å². The quantitative estimate of drug-likeness (QED) is 0.423. The molecule has 0 unspecified atom stereocenters. The summed E-state index contributed by atoms with van der Waals surface area (Å²) < 4.78 is 5.27. The molecular weight excluding hydrogens is 164 g/mol. The van der Waals surface area contributed by atoms with E-state index in [0.29, 0.717) is 11.5 Å². The molecule has 1 aliphatic heterocycles. The first-order valence-corrected chi connectivity index (χ1v) is 5.19. The Kier molecular flexibility index (Phi) is 2.38. The van der Waals surface area contributed by atoms with E-state index in [0.717, 1.165) is 12.8 Å². The van der Waals surface area contributed by atoms with Crippen molar-refractivity contribution in [2.75, 3.05) is 0 Å². The lowest BCUT2D eigenvalue weighted by Crippen LogP contribution is -2.18. The smallest absolute Gasteiger partial charge is 0.334 e. The van der Waals surface area contributed by atoms with Gasteiger partial charge in [-0.25, -0.2) is 4.79 Å². The molecule has 1 aliphatic carbocycles. The van der Waals surface area contributed by atoms with Gasteiger partial charge in [-0.3, -0.25) is 0 Å². The van der Waals surface area contributed by atoms with E-state index < -0.39 is 0 Å². The van der Waals surface area contributed by atoms with Crippen LogP contribution in [0.15, 0.2) is 12.2 Å². The lowest BCUT2D eigenvalue weighted by Gasteiger charge is -2.20. The zero-order chi connectivity index (χ0) is 9.26. The molecule has 1 saturated carbocycles. The molecule has 1 heterocycles. The van der Waals surface area contributed by atoms with Crippen LogP contribution in [0.4, 0.5) is 0 Å². The van der Waals surface area contributed by atoms with Gasteiger partial charge in [-0.2, -0.15) is 0 Å². The van der Waals surface area contributed by atoms with Crippen LogP contribution in [0.5, 0.6) is 0 Å². The first-order valence-electron chi connectivity index (χ1n) is 5.19. The van der Waals surface area contributed by atoms with Crippen LogP contribution >= 0.6 is 0 Å². The van der Waals surface area contributed by atoms with Crippen molar-refractivity contribution in [1.29, 1.82) is 0 Å². The largest absolute Gasteiger partial charge is 0.458 e. The average Bonchev–Trinajstić information content (AvgIpc) is 2.31. The molecule has 2 rings (SSSR count). The molecule has 0 aromatic carbocycles. The monoisotopic (exact) mass is 180 g/mol. The molecule has 2 aliphatic rings. The SMILES string of the molecule is C=C1C(=O)O[C@@H]2CCCCCC[C@H]12. The molecule has 0 aromatic heterocycles. The Balaban J connectivity index is 2.08. The molecule has 0 amide bonds. The summed E-state index contributed by atoms with van der Waals surface area (Å²) in [5.41, 5.74) is 0.715. The van der Waals surface area contributed by atoms with E-state index in [9.17, 15) is 4.79 Å². The summed E-state index contributed by atoms with van der Waals surface area (Å²) in [5.74, 6) is 0.171. The summed E-state index contributed by atoms with van der Waals surface area (Å²) in [6, 6.07) is 0. The van der Waals surface area contributed by atoms with Crippen molar-refractivity contribution in [2.45, 2.75) is 44.6 Å². The molecule has 72 valence electrons. The first kappa shape index (κ1) is 8.79. The highest BCUT2D eigenvalue weighted by Gasteiger charge is 2.37. The molecule has 2 atom stereocenters. The van der Waals surface area contributed by atoms with Gasteiger partial charge >= 0.3 is 5.97 Å². The van der Waals surface area contributed by atoms with Gasteiger partial charge < -0.3 is 4.74 Å². The summed E-state index contributed by atoms with van der Waals surface area (Å²) >= 11 is 0. The second kappa shape index (κ2) is 3.52. The van der Waals surface area contributed by atoms with Crippen molar-refractivity contribution < 1.29 is 9.53 Å². The number of carbonyl (C=O) groups excluding carboxylic acids is 1. The minimum absolute atomic E-state index is 0.153. The number of ether oxygens (including phenoxy) is 1. The van der Waals surface area contributed by atoms with Crippen molar-refractivity contribution in [3.8, 4) is 0 Å². The van der Waals surface area contributed by atoms with Gasteiger partial charge in [-0.05, 0) is 19.3 Å². The van der Waals surface area contributed by atoms with Gasteiger partial charge in [0.1, 0.15) is 6.10 Å². The van der Waals surface area contributed by atoms with E-state index in [2.05, 4.69) is 6.58 Å². The fraction of sp³-hybridized carbons (Fsp3) is 0.727. The van der Waals surface area contributed by atoms with Crippen LogP contribution in [-0.4, -0.2) is 12.1 Å². The topological polar surface area (TPSA) is 26.3 Å². The summed E-state index contributed by atoms with van der Waals surface area (Å²) in [7, 11) is 0. The minimum atomic E-state index is -0.156. The summed E-state index contributed by atoms with van der Waals surface area (Å²) in [4.78, 5) is 11.2. The van der Waals surface area contributed by atoms with Gasteiger partial charge in [0.2, 0.25) is 0 Å². The molecular formula is C11H16O2. The van der Waals surface area contributed by atoms with E-state index in [-0.39, 0.29) is 12.1 Å². The van der Waals surface area contributed by atoms with Crippen LogP contribution < -0.4 is 0 Å². The van der Waals surface area contributed by atoms with Gasteiger partial charge in [0.05, 0.1) is 0 Å². The second-order valence-electron chi connectivity index (χ2n) is 4.07. The standard InChI is InChI=1S/C11H16O2/c1-8-9-6-4-2-3-5-7-10(9)13-11(8)12/h9-10H,1-7H2/t9-,10-/m1/s1. The van der Waals surface area contributed by atoms with Gasteiger partial charge in [0.25, 0.3) is 0 Å².